The molecule has 0 spiro atoms. The lowest BCUT2D eigenvalue weighted by molar-refractivity contribution is -0.111. The molecule has 2 N–H and O–H groups in total. The molecule has 0 aromatic heterocycles. The molecule has 0 unspecified atom stereocenters. The van der Waals surface area contributed by atoms with Crippen LogP contribution in [-0.4, -0.2) is 25.0 Å². The fraction of sp³-hybridized carbons (Fsp3) is 0.143. The van der Waals surface area contributed by atoms with E-state index in [0.717, 1.165) is 11.3 Å². The summed E-state index contributed by atoms with van der Waals surface area (Å²) in [6.07, 6.45) is 4.72. The minimum absolute atomic E-state index is 0.267. The van der Waals surface area contributed by atoms with E-state index in [-0.39, 0.29) is 11.8 Å². The second kappa shape index (κ2) is 9.84. The monoisotopic (exact) mass is 350 g/mol. The molecular formula is C21H22N2O3. The molecule has 0 aliphatic carbocycles. The fourth-order valence-electron chi connectivity index (χ4n) is 2.24. The van der Waals surface area contributed by atoms with Gasteiger partial charge in [0, 0.05) is 12.6 Å². The first-order chi connectivity index (χ1) is 12.6. The molecule has 0 fully saturated rings. The van der Waals surface area contributed by atoms with Crippen LogP contribution >= 0.6 is 0 Å². The van der Waals surface area contributed by atoms with Gasteiger partial charge in [-0.05, 0) is 42.8 Å². The molecule has 2 rings (SSSR count). The van der Waals surface area contributed by atoms with Gasteiger partial charge in [-0.15, -0.1) is 6.58 Å². The van der Waals surface area contributed by atoms with Gasteiger partial charge in [-0.2, -0.15) is 0 Å². The Labute approximate surface area is 153 Å². The molecule has 5 nitrogen and oxygen atoms in total. The first-order valence-corrected chi connectivity index (χ1v) is 8.34. The third-order valence-corrected chi connectivity index (χ3v) is 3.45. The Morgan fingerprint density at radius 2 is 1.85 bits per heavy atom. The highest BCUT2D eigenvalue weighted by atomic mass is 16.5. The molecule has 0 aliphatic rings. The number of para-hydroxylation sites is 1. The third kappa shape index (κ3) is 5.63. The van der Waals surface area contributed by atoms with Crippen molar-refractivity contribution in [2.75, 3.05) is 18.5 Å². The molecule has 0 atom stereocenters. The maximum Gasteiger partial charge on any atom is 0.253 e. The van der Waals surface area contributed by atoms with Crippen LogP contribution in [0.15, 0.2) is 67.3 Å². The second-order valence-electron chi connectivity index (χ2n) is 5.37. The van der Waals surface area contributed by atoms with Crippen LogP contribution in [0.1, 0.15) is 22.8 Å². The first-order valence-electron chi connectivity index (χ1n) is 8.34. The zero-order valence-corrected chi connectivity index (χ0v) is 14.7. The van der Waals surface area contributed by atoms with Gasteiger partial charge in [0.05, 0.1) is 17.9 Å². The smallest absolute Gasteiger partial charge is 0.253 e. The number of ether oxygens (including phenoxy) is 1. The summed E-state index contributed by atoms with van der Waals surface area (Å²) in [4.78, 5) is 24.3. The van der Waals surface area contributed by atoms with E-state index in [9.17, 15) is 9.59 Å². The molecule has 2 aromatic rings. The number of carbonyl (C=O) groups excluding carboxylic acids is 2. The van der Waals surface area contributed by atoms with E-state index < -0.39 is 0 Å². The number of hydrogen-bond acceptors (Lipinski definition) is 3. The van der Waals surface area contributed by atoms with Crippen molar-refractivity contribution < 1.29 is 14.3 Å². The van der Waals surface area contributed by atoms with Crippen LogP contribution in [0, 0.1) is 0 Å². The van der Waals surface area contributed by atoms with Crippen LogP contribution in [0.25, 0.3) is 6.08 Å². The predicted molar refractivity (Wildman–Crippen MR) is 104 cm³/mol. The molecule has 26 heavy (non-hydrogen) atoms. The highest BCUT2D eigenvalue weighted by molar-refractivity contribution is 6.07. The highest BCUT2D eigenvalue weighted by Gasteiger charge is 2.11. The zero-order valence-electron chi connectivity index (χ0n) is 14.7. The Balaban J connectivity index is 2.03. The fourth-order valence-corrected chi connectivity index (χ4v) is 2.24. The SMILES string of the molecule is C=CCNC(=O)c1ccccc1NC(=O)/C=C/c1ccc(OCC)cc1. The molecule has 2 aromatic carbocycles. The minimum atomic E-state index is -0.317. The highest BCUT2D eigenvalue weighted by Crippen LogP contribution is 2.16. The quantitative estimate of drug-likeness (QED) is 0.564. The Kier molecular flexibility index (Phi) is 7.18. The van der Waals surface area contributed by atoms with Crippen LogP contribution in [0.3, 0.4) is 0 Å². The number of rotatable bonds is 8. The van der Waals surface area contributed by atoms with Gasteiger partial charge in [0.2, 0.25) is 5.91 Å². The average molecular weight is 350 g/mol. The maximum absolute atomic E-state index is 12.2. The van der Waals surface area contributed by atoms with Crippen LogP contribution in [0.5, 0.6) is 5.75 Å². The minimum Gasteiger partial charge on any atom is -0.494 e. The summed E-state index contributed by atoms with van der Waals surface area (Å²) in [7, 11) is 0. The third-order valence-electron chi connectivity index (χ3n) is 3.45. The largest absolute Gasteiger partial charge is 0.494 e. The van der Waals surface area contributed by atoms with Crippen molar-refractivity contribution in [1.29, 1.82) is 0 Å². The van der Waals surface area contributed by atoms with Gasteiger partial charge in [-0.25, -0.2) is 0 Å². The molecule has 5 heteroatoms. The van der Waals surface area contributed by atoms with E-state index in [0.29, 0.717) is 24.4 Å². The zero-order chi connectivity index (χ0) is 18.8. The van der Waals surface area contributed by atoms with Gasteiger partial charge in [-0.3, -0.25) is 9.59 Å². The topological polar surface area (TPSA) is 67.4 Å². The molecule has 0 saturated carbocycles. The van der Waals surface area contributed by atoms with Crippen molar-refractivity contribution in [3.63, 3.8) is 0 Å². The first kappa shape index (κ1) is 19.0. The normalized spacial score (nSPS) is 10.3. The maximum atomic E-state index is 12.2. The van der Waals surface area contributed by atoms with Crippen molar-refractivity contribution in [1.82, 2.24) is 5.32 Å². The molecule has 2 amide bonds. The Morgan fingerprint density at radius 1 is 1.12 bits per heavy atom. The molecule has 0 saturated heterocycles. The van der Waals surface area contributed by atoms with Crippen LogP contribution in [0.4, 0.5) is 5.69 Å². The van der Waals surface area contributed by atoms with Gasteiger partial charge >= 0.3 is 0 Å². The van der Waals surface area contributed by atoms with Crippen LogP contribution in [-0.2, 0) is 4.79 Å². The summed E-state index contributed by atoms with van der Waals surface area (Å²) in [5.41, 5.74) is 1.73. The van der Waals surface area contributed by atoms with E-state index in [1.165, 1.54) is 6.08 Å². The van der Waals surface area contributed by atoms with E-state index in [1.807, 2.05) is 31.2 Å². The summed E-state index contributed by atoms with van der Waals surface area (Å²) in [5.74, 6) is 0.202. The number of anilines is 1. The van der Waals surface area contributed by atoms with E-state index >= 15 is 0 Å². The molecule has 0 aliphatic heterocycles. The summed E-state index contributed by atoms with van der Waals surface area (Å²) < 4.78 is 5.38. The Morgan fingerprint density at radius 3 is 2.54 bits per heavy atom. The summed E-state index contributed by atoms with van der Waals surface area (Å²) in [6.45, 7) is 6.46. The Hall–Kier alpha value is -3.34. The van der Waals surface area contributed by atoms with Crippen LogP contribution in [0.2, 0.25) is 0 Å². The van der Waals surface area contributed by atoms with Crippen molar-refractivity contribution in [2.45, 2.75) is 6.92 Å². The molecule has 0 radical (unpaired) electrons. The molecular weight excluding hydrogens is 328 g/mol. The summed E-state index contributed by atoms with van der Waals surface area (Å²) in [6, 6.07) is 14.3. The predicted octanol–water partition coefficient (Wildman–Crippen LogP) is 3.65. The average Bonchev–Trinajstić information content (AvgIpc) is 2.66. The van der Waals surface area contributed by atoms with Gasteiger partial charge in [0.15, 0.2) is 0 Å². The van der Waals surface area contributed by atoms with E-state index in [4.69, 9.17) is 4.74 Å². The van der Waals surface area contributed by atoms with Crippen molar-refractivity contribution in [2.24, 2.45) is 0 Å². The number of hydrogen-bond donors (Lipinski definition) is 2. The van der Waals surface area contributed by atoms with E-state index in [1.54, 1.807) is 36.4 Å². The van der Waals surface area contributed by atoms with Gasteiger partial charge in [-0.1, -0.05) is 30.3 Å². The van der Waals surface area contributed by atoms with Gasteiger partial charge < -0.3 is 15.4 Å². The number of carbonyl (C=O) groups is 2. The lowest BCUT2D eigenvalue weighted by Gasteiger charge is -2.09. The Bertz CT molecular complexity index is 795. The standard InChI is InChI=1S/C21H22N2O3/c1-3-15-22-21(25)18-7-5-6-8-19(18)23-20(24)14-11-16-9-12-17(13-10-16)26-4-2/h3,5-14H,1,4,15H2,2H3,(H,22,25)(H,23,24)/b14-11+. The number of amides is 2. The van der Waals surface area contributed by atoms with Crippen molar-refractivity contribution in [3.05, 3.63) is 78.4 Å². The number of benzene rings is 2. The van der Waals surface area contributed by atoms with Crippen molar-refractivity contribution in [3.8, 4) is 5.75 Å². The van der Waals surface area contributed by atoms with Gasteiger partial charge in [0.25, 0.3) is 5.91 Å². The molecule has 0 heterocycles. The summed E-state index contributed by atoms with van der Waals surface area (Å²) in [5, 5.41) is 5.43. The van der Waals surface area contributed by atoms with E-state index in [2.05, 4.69) is 17.2 Å². The second-order valence-corrected chi connectivity index (χ2v) is 5.37. The molecule has 0 bridgehead atoms. The van der Waals surface area contributed by atoms with Crippen LogP contribution < -0.4 is 15.4 Å². The summed E-state index contributed by atoms with van der Waals surface area (Å²) >= 11 is 0. The van der Waals surface area contributed by atoms with Crippen molar-refractivity contribution >= 4 is 23.6 Å². The lowest BCUT2D eigenvalue weighted by Crippen LogP contribution is -2.24. The molecule has 134 valence electrons. The van der Waals surface area contributed by atoms with Gasteiger partial charge in [0.1, 0.15) is 5.75 Å². The lowest BCUT2D eigenvalue weighted by atomic mass is 10.1. The number of nitrogens with one attached hydrogen (secondary N) is 2.